The molecule has 5 heteroatoms. The third kappa shape index (κ3) is 3.42. The number of aryl methyl sites for hydroxylation is 1. The van der Waals surface area contributed by atoms with Gasteiger partial charge in [0.05, 0.1) is 5.39 Å². The van der Waals surface area contributed by atoms with Crippen LogP contribution in [0.15, 0.2) is 92.5 Å². The van der Waals surface area contributed by atoms with Gasteiger partial charge in [0.15, 0.2) is 0 Å². The first kappa shape index (κ1) is 20.8. The van der Waals surface area contributed by atoms with E-state index < -0.39 is 17.0 Å². The van der Waals surface area contributed by atoms with Crippen molar-refractivity contribution in [1.29, 1.82) is 0 Å². The molecule has 5 nitrogen and oxygen atoms in total. The number of aliphatic carboxylic acids is 1. The molecule has 1 N–H and O–H groups in total. The van der Waals surface area contributed by atoms with E-state index in [0.717, 1.165) is 22.1 Å². The number of hydrogen-bond acceptors (Lipinski definition) is 4. The van der Waals surface area contributed by atoms with Crippen molar-refractivity contribution >= 4 is 27.9 Å². The highest BCUT2D eigenvalue weighted by Crippen LogP contribution is 2.45. The normalized spacial score (nSPS) is 13.3. The van der Waals surface area contributed by atoms with Gasteiger partial charge in [0.25, 0.3) is 0 Å². The molecule has 0 fully saturated rings. The number of carbonyl (C=O) groups is 1. The van der Waals surface area contributed by atoms with E-state index in [1.165, 1.54) is 6.07 Å². The van der Waals surface area contributed by atoms with Crippen molar-refractivity contribution in [3.8, 4) is 11.1 Å². The highest BCUT2D eigenvalue weighted by atomic mass is 16.4. The van der Waals surface area contributed by atoms with Crippen LogP contribution in [0, 0.1) is 6.92 Å². The van der Waals surface area contributed by atoms with Gasteiger partial charge < -0.3 is 13.9 Å². The summed E-state index contributed by atoms with van der Waals surface area (Å²) in [5, 5.41) is 11.8. The molecule has 0 aliphatic heterocycles. The van der Waals surface area contributed by atoms with Crippen LogP contribution in [-0.2, 0) is 16.6 Å². The van der Waals surface area contributed by atoms with Gasteiger partial charge in [-0.25, -0.2) is 4.79 Å². The van der Waals surface area contributed by atoms with Crippen molar-refractivity contribution in [3.05, 3.63) is 106 Å². The summed E-state index contributed by atoms with van der Waals surface area (Å²) in [7, 11) is 0. The molecule has 33 heavy (non-hydrogen) atoms. The summed E-state index contributed by atoms with van der Waals surface area (Å²) in [6.45, 7) is 3.53. The summed E-state index contributed by atoms with van der Waals surface area (Å²) >= 11 is 0. The Balaban J connectivity index is 1.90. The number of rotatable bonds is 5. The number of fused-ring (bicyclic) bond motifs is 3. The molecule has 5 aromatic rings. The van der Waals surface area contributed by atoms with Gasteiger partial charge >= 0.3 is 11.6 Å². The molecule has 1 atom stereocenters. The Bertz CT molecular complexity index is 1540. The molecule has 1 unspecified atom stereocenters. The first-order valence-corrected chi connectivity index (χ1v) is 10.7. The van der Waals surface area contributed by atoms with Crippen molar-refractivity contribution in [3.63, 3.8) is 0 Å². The van der Waals surface area contributed by atoms with Crippen LogP contribution in [0.5, 0.6) is 0 Å². The molecule has 0 saturated carbocycles. The zero-order valence-corrected chi connectivity index (χ0v) is 18.3. The van der Waals surface area contributed by atoms with Gasteiger partial charge in [0, 0.05) is 17.0 Å². The molecule has 5 rings (SSSR count). The first-order valence-electron chi connectivity index (χ1n) is 10.7. The van der Waals surface area contributed by atoms with E-state index in [2.05, 4.69) is 0 Å². The van der Waals surface area contributed by atoms with Crippen LogP contribution in [0.3, 0.4) is 0 Å². The Morgan fingerprint density at radius 3 is 2.27 bits per heavy atom. The van der Waals surface area contributed by atoms with Crippen molar-refractivity contribution in [2.24, 2.45) is 0 Å². The van der Waals surface area contributed by atoms with E-state index in [9.17, 15) is 14.7 Å². The molecule has 3 aromatic carbocycles. The van der Waals surface area contributed by atoms with Gasteiger partial charge in [-0.1, -0.05) is 60.7 Å². The topological polar surface area (TPSA) is 80.7 Å². The summed E-state index contributed by atoms with van der Waals surface area (Å²) < 4.78 is 12.0. The number of carboxylic acids is 1. The second-order valence-electron chi connectivity index (χ2n) is 8.54. The second kappa shape index (κ2) is 7.78. The number of hydrogen-bond donors (Lipinski definition) is 1. The highest BCUT2D eigenvalue weighted by Gasteiger charge is 2.42. The summed E-state index contributed by atoms with van der Waals surface area (Å²) in [4.78, 5) is 25.0. The Labute approximate surface area is 189 Å². The minimum atomic E-state index is -1.36. The van der Waals surface area contributed by atoms with E-state index in [0.29, 0.717) is 27.9 Å². The van der Waals surface area contributed by atoms with Crippen LogP contribution < -0.4 is 5.63 Å². The summed E-state index contributed by atoms with van der Waals surface area (Å²) in [6, 6.07) is 24.1. The Kier molecular flexibility index (Phi) is 4.90. The van der Waals surface area contributed by atoms with Crippen LogP contribution in [0.4, 0.5) is 0 Å². The fourth-order valence-corrected chi connectivity index (χ4v) is 4.49. The minimum absolute atomic E-state index is 0.240. The zero-order valence-electron chi connectivity index (χ0n) is 18.3. The third-order valence-electron chi connectivity index (χ3n) is 6.21. The third-order valence-corrected chi connectivity index (χ3v) is 6.21. The number of benzene rings is 3. The molecule has 2 aromatic heterocycles. The monoisotopic (exact) mass is 438 g/mol. The van der Waals surface area contributed by atoms with Crippen LogP contribution in [0.2, 0.25) is 0 Å². The van der Waals surface area contributed by atoms with E-state index >= 15 is 0 Å². The number of furan rings is 1. The minimum Gasteiger partial charge on any atom is -0.480 e. The summed E-state index contributed by atoms with van der Waals surface area (Å²) in [5.41, 5.74) is 2.16. The van der Waals surface area contributed by atoms with Crippen molar-refractivity contribution < 1.29 is 18.7 Å². The number of carboxylic acid groups (broad SMARTS) is 1. The molecule has 0 saturated heterocycles. The predicted octanol–water partition coefficient (Wildman–Crippen LogP) is 6.10. The maximum absolute atomic E-state index is 12.7. The van der Waals surface area contributed by atoms with Gasteiger partial charge in [0.2, 0.25) is 0 Å². The van der Waals surface area contributed by atoms with Crippen molar-refractivity contribution in [2.45, 2.75) is 25.7 Å². The summed E-state index contributed by atoms with van der Waals surface area (Å²) in [6.07, 6.45) is 0.240. The molecule has 0 aliphatic carbocycles. The lowest BCUT2D eigenvalue weighted by atomic mass is 9.78. The fourth-order valence-electron chi connectivity index (χ4n) is 4.49. The van der Waals surface area contributed by atoms with Crippen LogP contribution in [0.1, 0.15) is 23.8 Å². The molecular formula is C28H22O5. The molecular weight excluding hydrogens is 416 g/mol. The molecule has 164 valence electrons. The van der Waals surface area contributed by atoms with E-state index in [4.69, 9.17) is 8.83 Å². The molecule has 0 amide bonds. The van der Waals surface area contributed by atoms with Gasteiger partial charge in [-0.15, -0.1) is 0 Å². The van der Waals surface area contributed by atoms with Crippen molar-refractivity contribution in [1.82, 2.24) is 0 Å². The van der Waals surface area contributed by atoms with Crippen LogP contribution >= 0.6 is 0 Å². The molecule has 2 heterocycles. The van der Waals surface area contributed by atoms with Crippen molar-refractivity contribution in [2.75, 3.05) is 0 Å². The average molecular weight is 438 g/mol. The predicted molar refractivity (Wildman–Crippen MR) is 128 cm³/mol. The first-order chi connectivity index (χ1) is 15.9. The molecule has 0 radical (unpaired) electrons. The van der Waals surface area contributed by atoms with Gasteiger partial charge in [-0.2, -0.15) is 0 Å². The van der Waals surface area contributed by atoms with E-state index in [1.54, 1.807) is 6.92 Å². The van der Waals surface area contributed by atoms with Gasteiger partial charge in [-0.05, 0) is 49.1 Å². The largest absolute Gasteiger partial charge is 0.480 e. The quantitative estimate of drug-likeness (QED) is 0.335. The fraction of sp³-hybridized carbons (Fsp3) is 0.143. The Morgan fingerprint density at radius 2 is 1.61 bits per heavy atom. The second-order valence-corrected chi connectivity index (χ2v) is 8.54. The van der Waals surface area contributed by atoms with Gasteiger partial charge in [-0.3, -0.25) is 4.79 Å². The molecule has 0 aliphatic rings. The lowest BCUT2D eigenvalue weighted by molar-refractivity contribution is -0.143. The maximum Gasteiger partial charge on any atom is 0.336 e. The van der Waals surface area contributed by atoms with E-state index in [-0.39, 0.29) is 6.42 Å². The molecule has 0 bridgehead atoms. The standard InChI is InChI=1S/C28H22O5/c1-17-15-22(29)33-25-20(17)13-14-21-24(25)23(19-11-7-4-8-12-19)26(32-21)28(2,27(30)31)16-18-9-5-3-6-10-18/h3-15H,16H2,1-2H3,(H,30,31). The van der Waals surface area contributed by atoms with Gasteiger partial charge in [0.1, 0.15) is 22.3 Å². The van der Waals surface area contributed by atoms with E-state index in [1.807, 2.05) is 79.7 Å². The zero-order chi connectivity index (χ0) is 23.2. The van der Waals surface area contributed by atoms with Crippen LogP contribution in [-0.4, -0.2) is 11.1 Å². The lowest BCUT2D eigenvalue weighted by Crippen LogP contribution is -2.35. The SMILES string of the molecule is Cc1cc(=O)oc2c1ccc1oc(C(C)(Cc3ccccc3)C(=O)O)c(-c3ccccc3)c12. The average Bonchev–Trinajstić information content (AvgIpc) is 3.21. The maximum atomic E-state index is 12.7. The van der Waals surface area contributed by atoms with Crippen LogP contribution in [0.25, 0.3) is 33.1 Å². The smallest absolute Gasteiger partial charge is 0.336 e. The molecule has 0 spiro atoms. The highest BCUT2D eigenvalue weighted by molar-refractivity contribution is 6.12. The summed E-state index contributed by atoms with van der Waals surface area (Å²) in [5.74, 6) is -0.666. The lowest BCUT2D eigenvalue weighted by Gasteiger charge is -2.24. The Morgan fingerprint density at radius 1 is 0.939 bits per heavy atom. The Hall–Kier alpha value is -4.12.